The van der Waals surface area contributed by atoms with E-state index in [4.69, 9.17) is 16.3 Å². The number of hydrogen-bond donors (Lipinski definition) is 2. The third-order valence-corrected chi connectivity index (χ3v) is 3.22. The first-order chi connectivity index (χ1) is 10.7. The third kappa shape index (κ3) is 6.16. The van der Waals surface area contributed by atoms with Crippen molar-refractivity contribution in [1.82, 2.24) is 5.32 Å². The van der Waals surface area contributed by atoms with Gasteiger partial charge < -0.3 is 15.4 Å². The summed E-state index contributed by atoms with van der Waals surface area (Å²) in [5, 5.41) is 6.16. The summed E-state index contributed by atoms with van der Waals surface area (Å²) < 4.78 is 5.55. The lowest BCUT2D eigenvalue weighted by molar-refractivity contribution is 0.119. The Morgan fingerprint density at radius 2 is 1.77 bits per heavy atom. The van der Waals surface area contributed by atoms with Crippen LogP contribution < -0.4 is 10.6 Å². The molecule has 0 atom stereocenters. The van der Waals surface area contributed by atoms with Gasteiger partial charge in [-0.25, -0.2) is 4.79 Å². The summed E-state index contributed by atoms with van der Waals surface area (Å²) in [7, 11) is 0. The first-order valence-electron chi connectivity index (χ1n) is 7.16. The smallest absolute Gasteiger partial charge is 0.319 e. The molecule has 0 unspecified atom stereocenters. The Morgan fingerprint density at radius 1 is 1.05 bits per heavy atom. The number of nitrogens with one attached hydrogen (secondary N) is 2. The van der Waals surface area contributed by atoms with Crippen LogP contribution >= 0.6 is 11.6 Å². The number of anilines is 1. The van der Waals surface area contributed by atoms with Crippen LogP contribution in [0.5, 0.6) is 0 Å². The molecule has 0 aliphatic rings. The number of benzene rings is 2. The summed E-state index contributed by atoms with van der Waals surface area (Å²) in [5.74, 6) is 0. The van der Waals surface area contributed by atoms with Crippen LogP contribution in [-0.2, 0) is 11.3 Å². The minimum absolute atomic E-state index is 0.231. The number of ether oxygens (including phenoxy) is 1. The molecule has 22 heavy (non-hydrogen) atoms. The van der Waals surface area contributed by atoms with Crippen molar-refractivity contribution in [3.63, 3.8) is 0 Å². The highest BCUT2D eigenvalue weighted by atomic mass is 35.5. The molecule has 0 heterocycles. The van der Waals surface area contributed by atoms with Crippen LogP contribution in [0.1, 0.15) is 12.0 Å². The van der Waals surface area contributed by atoms with Gasteiger partial charge in [-0.1, -0.05) is 41.9 Å². The van der Waals surface area contributed by atoms with Gasteiger partial charge in [0.15, 0.2) is 0 Å². The number of carbonyl (C=O) groups excluding carboxylic acids is 1. The van der Waals surface area contributed by atoms with Gasteiger partial charge in [-0.15, -0.1) is 0 Å². The summed E-state index contributed by atoms with van der Waals surface area (Å²) in [5.41, 5.74) is 1.86. The molecular formula is C17H19ClN2O2. The second-order valence-corrected chi connectivity index (χ2v) is 5.22. The molecule has 2 N–H and O–H groups in total. The number of halogens is 1. The van der Waals surface area contributed by atoms with Crippen LogP contribution in [0.4, 0.5) is 10.5 Å². The van der Waals surface area contributed by atoms with Gasteiger partial charge in [-0.05, 0) is 36.2 Å². The van der Waals surface area contributed by atoms with Gasteiger partial charge >= 0.3 is 6.03 Å². The van der Waals surface area contributed by atoms with Gasteiger partial charge in [0.25, 0.3) is 0 Å². The van der Waals surface area contributed by atoms with Crippen molar-refractivity contribution in [2.45, 2.75) is 13.0 Å². The van der Waals surface area contributed by atoms with Crippen molar-refractivity contribution < 1.29 is 9.53 Å². The number of rotatable bonds is 7. The standard InChI is InChI=1S/C17H19ClN2O2/c18-15-7-9-16(10-8-15)20-17(21)19-11-4-12-22-13-14-5-2-1-3-6-14/h1-3,5-10H,4,11-13H2,(H2,19,20,21). The summed E-state index contributed by atoms with van der Waals surface area (Å²) in [6, 6.07) is 16.7. The fourth-order valence-electron chi connectivity index (χ4n) is 1.85. The molecule has 0 fully saturated rings. The predicted molar refractivity (Wildman–Crippen MR) is 89.2 cm³/mol. The van der Waals surface area contributed by atoms with Gasteiger partial charge in [-0.3, -0.25) is 0 Å². The maximum Gasteiger partial charge on any atom is 0.319 e. The molecule has 0 bridgehead atoms. The molecule has 116 valence electrons. The maximum atomic E-state index is 11.7. The third-order valence-electron chi connectivity index (χ3n) is 2.96. The van der Waals surface area contributed by atoms with Gasteiger partial charge in [0.05, 0.1) is 6.61 Å². The zero-order valence-electron chi connectivity index (χ0n) is 12.2. The number of urea groups is 1. The second kappa shape index (κ2) is 9.07. The van der Waals surface area contributed by atoms with Crippen molar-refractivity contribution in [2.24, 2.45) is 0 Å². The Labute approximate surface area is 135 Å². The molecule has 4 nitrogen and oxygen atoms in total. The van der Waals surface area contributed by atoms with E-state index in [2.05, 4.69) is 10.6 Å². The molecule has 5 heteroatoms. The van der Waals surface area contributed by atoms with Crippen molar-refractivity contribution >= 4 is 23.3 Å². The van der Waals surface area contributed by atoms with Gasteiger partial charge in [0.2, 0.25) is 0 Å². The van der Waals surface area contributed by atoms with Gasteiger partial charge in [0.1, 0.15) is 0 Å². The van der Waals surface area contributed by atoms with E-state index in [0.717, 1.165) is 12.0 Å². The zero-order valence-corrected chi connectivity index (χ0v) is 13.0. The molecule has 0 saturated carbocycles. The fraction of sp³-hybridized carbons (Fsp3) is 0.235. The molecule has 0 radical (unpaired) electrons. The molecule has 2 rings (SSSR count). The number of carbonyl (C=O) groups is 1. The van der Waals surface area contributed by atoms with E-state index in [9.17, 15) is 4.79 Å². The molecule has 2 aromatic rings. The van der Waals surface area contributed by atoms with E-state index in [1.807, 2.05) is 30.3 Å². The first kappa shape index (κ1) is 16.3. The lowest BCUT2D eigenvalue weighted by Crippen LogP contribution is -2.30. The van der Waals surface area contributed by atoms with Crippen molar-refractivity contribution in [2.75, 3.05) is 18.5 Å². The van der Waals surface area contributed by atoms with E-state index in [-0.39, 0.29) is 6.03 Å². The average Bonchev–Trinajstić information content (AvgIpc) is 2.54. The van der Waals surface area contributed by atoms with Crippen LogP contribution in [0.3, 0.4) is 0 Å². The largest absolute Gasteiger partial charge is 0.377 e. The molecule has 2 amide bonds. The highest BCUT2D eigenvalue weighted by molar-refractivity contribution is 6.30. The Morgan fingerprint density at radius 3 is 2.50 bits per heavy atom. The van der Waals surface area contributed by atoms with Crippen molar-refractivity contribution in [3.05, 3.63) is 65.2 Å². The molecular weight excluding hydrogens is 300 g/mol. The first-order valence-corrected chi connectivity index (χ1v) is 7.54. The lowest BCUT2D eigenvalue weighted by atomic mass is 10.2. The fourth-order valence-corrected chi connectivity index (χ4v) is 1.97. The monoisotopic (exact) mass is 318 g/mol. The Bertz CT molecular complexity index is 573. The summed E-state index contributed by atoms with van der Waals surface area (Å²) >= 11 is 5.78. The average molecular weight is 319 g/mol. The highest BCUT2D eigenvalue weighted by Crippen LogP contribution is 2.12. The highest BCUT2D eigenvalue weighted by Gasteiger charge is 2.00. The van der Waals surface area contributed by atoms with Crippen LogP contribution in [0, 0.1) is 0 Å². The van der Waals surface area contributed by atoms with E-state index < -0.39 is 0 Å². The SMILES string of the molecule is O=C(NCCCOCc1ccccc1)Nc1ccc(Cl)cc1. The van der Waals surface area contributed by atoms with Crippen LogP contribution in [0.15, 0.2) is 54.6 Å². The molecule has 0 aliphatic heterocycles. The van der Waals surface area contributed by atoms with Crippen molar-refractivity contribution in [1.29, 1.82) is 0 Å². The Kier molecular flexibility index (Phi) is 6.74. The van der Waals surface area contributed by atoms with Gasteiger partial charge in [-0.2, -0.15) is 0 Å². The van der Waals surface area contributed by atoms with Crippen LogP contribution in [0.25, 0.3) is 0 Å². The Hall–Kier alpha value is -2.04. The molecule has 0 saturated heterocycles. The molecule has 0 aliphatic carbocycles. The minimum atomic E-state index is -0.231. The normalized spacial score (nSPS) is 10.2. The predicted octanol–water partition coefficient (Wildman–Crippen LogP) is 4.07. The van der Waals surface area contributed by atoms with E-state index in [1.165, 1.54) is 0 Å². The molecule has 0 spiro atoms. The number of amides is 2. The second-order valence-electron chi connectivity index (χ2n) is 4.78. The van der Waals surface area contributed by atoms with E-state index in [0.29, 0.717) is 30.5 Å². The van der Waals surface area contributed by atoms with Crippen LogP contribution in [0.2, 0.25) is 5.02 Å². The molecule has 0 aromatic heterocycles. The topological polar surface area (TPSA) is 50.4 Å². The summed E-state index contributed by atoms with van der Waals surface area (Å²) in [4.78, 5) is 11.7. The molecule has 2 aromatic carbocycles. The lowest BCUT2D eigenvalue weighted by Gasteiger charge is -2.08. The quantitative estimate of drug-likeness (QED) is 0.756. The number of hydrogen-bond acceptors (Lipinski definition) is 2. The summed E-state index contributed by atoms with van der Waals surface area (Å²) in [6.07, 6.45) is 0.765. The minimum Gasteiger partial charge on any atom is -0.377 e. The van der Waals surface area contributed by atoms with E-state index >= 15 is 0 Å². The van der Waals surface area contributed by atoms with E-state index in [1.54, 1.807) is 24.3 Å². The van der Waals surface area contributed by atoms with Crippen LogP contribution in [-0.4, -0.2) is 19.2 Å². The summed E-state index contributed by atoms with van der Waals surface area (Å²) in [6.45, 7) is 1.77. The van der Waals surface area contributed by atoms with Crippen molar-refractivity contribution in [3.8, 4) is 0 Å². The van der Waals surface area contributed by atoms with Gasteiger partial charge in [0, 0.05) is 23.9 Å². The Balaban J connectivity index is 1.54. The maximum absolute atomic E-state index is 11.7. The zero-order chi connectivity index (χ0) is 15.6.